The lowest BCUT2D eigenvalue weighted by atomic mass is 9.73. The van der Waals surface area contributed by atoms with Crippen LogP contribution in [0.15, 0.2) is 0 Å². The highest BCUT2D eigenvalue weighted by Gasteiger charge is 2.45. The van der Waals surface area contributed by atoms with Gasteiger partial charge in [-0.1, -0.05) is 0 Å². The fourth-order valence-electron chi connectivity index (χ4n) is 3.22. The van der Waals surface area contributed by atoms with E-state index in [-0.39, 0.29) is 0 Å². The quantitative estimate of drug-likeness (QED) is 0.723. The van der Waals surface area contributed by atoms with E-state index < -0.39 is 0 Å². The second-order valence-electron chi connectivity index (χ2n) is 5.89. The molecule has 3 aliphatic rings. The number of rotatable bonds is 2. The van der Waals surface area contributed by atoms with Crippen molar-refractivity contribution in [1.82, 2.24) is 15.1 Å². The predicted octanol–water partition coefficient (Wildman–Crippen LogP) is -0.469. The summed E-state index contributed by atoms with van der Waals surface area (Å²) in [5.41, 5.74) is 0.400. The standard InChI is InChI=1S/C13H23N3O2/c17-12(9-15-5-3-14-4-6-15)16-10-13(11-16)1-7-18-8-2-13/h14H,1-11H2. The molecule has 0 aromatic rings. The van der Waals surface area contributed by atoms with Crippen LogP contribution in [0.5, 0.6) is 0 Å². The summed E-state index contributed by atoms with van der Waals surface area (Å²) >= 11 is 0. The van der Waals surface area contributed by atoms with Crippen LogP contribution >= 0.6 is 0 Å². The zero-order valence-electron chi connectivity index (χ0n) is 11.0. The van der Waals surface area contributed by atoms with Crippen LogP contribution in [0.25, 0.3) is 0 Å². The average molecular weight is 253 g/mol. The van der Waals surface area contributed by atoms with Crippen molar-refractivity contribution >= 4 is 5.91 Å². The van der Waals surface area contributed by atoms with Gasteiger partial charge in [0.15, 0.2) is 0 Å². The normalized spacial score (nSPS) is 28.1. The Morgan fingerprint density at radius 1 is 1.17 bits per heavy atom. The summed E-state index contributed by atoms with van der Waals surface area (Å²) in [6.07, 6.45) is 2.26. The Labute approximate surface area is 108 Å². The molecule has 1 N–H and O–H groups in total. The molecule has 0 atom stereocenters. The molecule has 0 aliphatic carbocycles. The first-order valence-corrected chi connectivity index (χ1v) is 7.06. The van der Waals surface area contributed by atoms with Gasteiger partial charge in [-0.2, -0.15) is 0 Å². The molecule has 0 aromatic carbocycles. The average Bonchev–Trinajstić information content (AvgIpc) is 2.38. The minimum absolute atomic E-state index is 0.314. The third kappa shape index (κ3) is 2.53. The maximum Gasteiger partial charge on any atom is 0.236 e. The van der Waals surface area contributed by atoms with Crippen LogP contribution in [0.3, 0.4) is 0 Å². The smallest absolute Gasteiger partial charge is 0.236 e. The van der Waals surface area contributed by atoms with Crippen molar-refractivity contribution in [2.75, 3.05) is 59.0 Å². The van der Waals surface area contributed by atoms with Gasteiger partial charge in [0, 0.05) is 57.9 Å². The van der Waals surface area contributed by atoms with Crippen molar-refractivity contribution in [2.45, 2.75) is 12.8 Å². The van der Waals surface area contributed by atoms with Crippen molar-refractivity contribution < 1.29 is 9.53 Å². The minimum atomic E-state index is 0.314. The second kappa shape index (κ2) is 5.15. The van der Waals surface area contributed by atoms with Crippen molar-refractivity contribution in [3.63, 3.8) is 0 Å². The van der Waals surface area contributed by atoms with Gasteiger partial charge in [-0.05, 0) is 12.8 Å². The van der Waals surface area contributed by atoms with E-state index in [9.17, 15) is 4.79 Å². The number of ether oxygens (including phenoxy) is 1. The number of hydrogen-bond donors (Lipinski definition) is 1. The summed E-state index contributed by atoms with van der Waals surface area (Å²) in [6, 6.07) is 0. The summed E-state index contributed by atoms with van der Waals surface area (Å²) in [4.78, 5) is 16.4. The third-order valence-electron chi connectivity index (χ3n) is 4.53. The molecule has 5 heteroatoms. The Bertz CT molecular complexity index is 301. The molecule has 3 rings (SSSR count). The van der Waals surface area contributed by atoms with Crippen LogP contribution in [-0.4, -0.2) is 74.7 Å². The van der Waals surface area contributed by atoms with Crippen LogP contribution in [-0.2, 0) is 9.53 Å². The van der Waals surface area contributed by atoms with Gasteiger partial charge >= 0.3 is 0 Å². The van der Waals surface area contributed by atoms with E-state index in [1.165, 1.54) is 0 Å². The molecule has 0 radical (unpaired) electrons. The molecule has 0 aromatic heterocycles. The number of hydrogen-bond acceptors (Lipinski definition) is 4. The number of nitrogens with zero attached hydrogens (tertiary/aromatic N) is 2. The minimum Gasteiger partial charge on any atom is -0.381 e. The van der Waals surface area contributed by atoms with Crippen molar-refractivity contribution in [1.29, 1.82) is 0 Å². The van der Waals surface area contributed by atoms with Gasteiger partial charge in [-0.15, -0.1) is 0 Å². The molecule has 0 unspecified atom stereocenters. The Morgan fingerprint density at radius 2 is 1.83 bits per heavy atom. The molecule has 1 spiro atoms. The SMILES string of the molecule is O=C(CN1CCNCC1)N1CC2(CCOCC2)C1. The van der Waals surface area contributed by atoms with Gasteiger partial charge in [0.25, 0.3) is 0 Å². The first kappa shape index (κ1) is 12.4. The van der Waals surface area contributed by atoms with E-state index >= 15 is 0 Å². The van der Waals surface area contributed by atoms with Crippen LogP contribution < -0.4 is 5.32 Å². The first-order chi connectivity index (χ1) is 8.77. The Morgan fingerprint density at radius 3 is 2.50 bits per heavy atom. The number of amides is 1. The van der Waals surface area contributed by atoms with E-state index in [0.717, 1.165) is 65.3 Å². The maximum atomic E-state index is 12.2. The van der Waals surface area contributed by atoms with Gasteiger partial charge in [-0.25, -0.2) is 0 Å². The van der Waals surface area contributed by atoms with Gasteiger partial charge in [0.2, 0.25) is 5.91 Å². The van der Waals surface area contributed by atoms with Crippen LogP contribution in [0.1, 0.15) is 12.8 Å². The Balaban J connectivity index is 1.44. The number of likely N-dealkylation sites (tertiary alicyclic amines) is 1. The second-order valence-corrected chi connectivity index (χ2v) is 5.89. The fourth-order valence-corrected chi connectivity index (χ4v) is 3.22. The zero-order valence-corrected chi connectivity index (χ0v) is 11.0. The summed E-state index contributed by atoms with van der Waals surface area (Å²) in [5, 5.41) is 3.31. The van der Waals surface area contributed by atoms with Gasteiger partial charge in [0.1, 0.15) is 0 Å². The third-order valence-corrected chi connectivity index (χ3v) is 4.53. The molecule has 3 fully saturated rings. The molecule has 0 bridgehead atoms. The molecule has 102 valence electrons. The van der Waals surface area contributed by atoms with E-state index in [1.807, 2.05) is 4.90 Å². The highest BCUT2D eigenvalue weighted by molar-refractivity contribution is 5.79. The van der Waals surface area contributed by atoms with E-state index in [2.05, 4.69) is 10.2 Å². The van der Waals surface area contributed by atoms with Crippen molar-refractivity contribution in [2.24, 2.45) is 5.41 Å². The van der Waals surface area contributed by atoms with Crippen LogP contribution in [0, 0.1) is 5.41 Å². The number of piperazine rings is 1. The monoisotopic (exact) mass is 253 g/mol. The van der Waals surface area contributed by atoms with Crippen molar-refractivity contribution in [3.05, 3.63) is 0 Å². The summed E-state index contributed by atoms with van der Waals surface area (Å²) < 4.78 is 5.40. The Hall–Kier alpha value is -0.650. The summed E-state index contributed by atoms with van der Waals surface area (Å²) in [6.45, 7) is 8.29. The molecule has 3 saturated heterocycles. The largest absolute Gasteiger partial charge is 0.381 e. The zero-order chi connectivity index (χ0) is 12.4. The number of carbonyl (C=O) groups is 1. The highest BCUT2D eigenvalue weighted by atomic mass is 16.5. The lowest BCUT2D eigenvalue weighted by Crippen LogP contribution is -2.62. The molecule has 1 amide bonds. The van der Waals surface area contributed by atoms with Crippen molar-refractivity contribution in [3.8, 4) is 0 Å². The van der Waals surface area contributed by atoms with E-state index in [4.69, 9.17) is 4.74 Å². The highest BCUT2D eigenvalue weighted by Crippen LogP contribution is 2.39. The number of nitrogens with one attached hydrogen (secondary N) is 1. The fraction of sp³-hybridized carbons (Fsp3) is 0.923. The van der Waals surface area contributed by atoms with E-state index in [0.29, 0.717) is 17.9 Å². The molecular formula is C13H23N3O2. The Kier molecular flexibility index (Phi) is 3.54. The summed E-state index contributed by atoms with van der Waals surface area (Å²) in [5.74, 6) is 0.314. The molecule has 3 aliphatic heterocycles. The van der Waals surface area contributed by atoms with Gasteiger partial charge in [-0.3, -0.25) is 9.69 Å². The molecule has 0 saturated carbocycles. The van der Waals surface area contributed by atoms with Crippen LogP contribution in [0.4, 0.5) is 0 Å². The molecule has 5 nitrogen and oxygen atoms in total. The van der Waals surface area contributed by atoms with Gasteiger partial charge < -0.3 is 15.0 Å². The van der Waals surface area contributed by atoms with E-state index in [1.54, 1.807) is 0 Å². The lowest BCUT2D eigenvalue weighted by molar-refractivity contribution is -0.151. The molecule has 3 heterocycles. The van der Waals surface area contributed by atoms with Crippen LogP contribution in [0.2, 0.25) is 0 Å². The first-order valence-electron chi connectivity index (χ1n) is 7.06. The molecule has 18 heavy (non-hydrogen) atoms. The summed E-state index contributed by atoms with van der Waals surface area (Å²) in [7, 11) is 0. The maximum absolute atomic E-state index is 12.2. The predicted molar refractivity (Wildman–Crippen MR) is 68.4 cm³/mol. The van der Waals surface area contributed by atoms with Gasteiger partial charge in [0.05, 0.1) is 6.54 Å². The topological polar surface area (TPSA) is 44.8 Å². The lowest BCUT2D eigenvalue weighted by Gasteiger charge is -2.52. The number of carbonyl (C=O) groups excluding carboxylic acids is 1. The molecular weight excluding hydrogens is 230 g/mol.